The molecule has 0 saturated carbocycles. The second-order valence-corrected chi connectivity index (χ2v) is 10.9. The first-order valence-corrected chi connectivity index (χ1v) is 15.9. The summed E-state index contributed by atoms with van der Waals surface area (Å²) < 4.78 is 0. The Labute approximate surface area is 274 Å². The number of anilines is 1. The van der Waals surface area contributed by atoms with E-state index in [1.807, 2.05) is 63.3 Å². The molecule has 0 bridgehead atoms. The third-order valence-electron chi connectivity index (χ3n) is 7.56. The SMILES string of the molecule is C=C(N=C1C=CC=C/C1=C(/C)C(=O)Nc1ccc(C(=O)NCC(=NC(C)=C(C)CC)C(C)CC)cc1)c1ccccc1Cl.CC. The lowest BCUT2D eigenvalue weighted by Crippen LogP contribution is -2.32. The molecule has 0 aromatic heterocycles. The van der Waals surface area contributed by atoms with Gasteiger partial charge in [0.15, 0.2) is 0 Å². The molecule has 3 rings (SSSR count). The Morgan fingerprint density at radius 3 is 2.22 bits per heavy atom. The maximum atomic E-state index is 13.2. The van der Waals surface area contributed by atoms with Crippen molar-refractivity contribution in [3.05, 3.63) is 118 Å². The predicted molar refractivity (Wildman–Crippen MR) is 193 cm³/mol. The Morgan fingerprint density at radius 1 is 0.956 bits per heavy atom. The average Bonchev–Trinajstić information content (AvgIpc) is 3.06. The Kier molecular flexibility index (Phi) is 15.2. The molecule has 45 heavy (non-hydrogen) atoms. The molecule has 0 spiro atoms. The van der Waals surface area contributed by atoms with Crippen LogP contribution in [0.25, 0.3) is 5.70 Å². The van der Waals surface area contributed by atoms with E-state index < -0.39 is 0 Å². The van der Waals surface area contributed by atoms with Crippen LogP contribution in [0.5, 0.6) is 0 Å². The number of hydrogen-bond acceptors (Lipinski definition) is 4. The lowest BCUT2D eigenvalue weighted by atomic mass is 9.99. The predicted octanol–water partition coefficient (Wildman–Crippen LogP) is 9.78. The number of carbonyl (C=O) groups is 2. The second kappa shape index (κ2) is 18.5. The van der Waals surface area contributed by atoms with Gasteiger partial charge in [-0.3, -0.25) is 14.6 Å². The third-order valence-corrected chi connectivity index (χ3v) is 7.89. The van der Waals surface area contributed by atoms with Crippen molar-refractivity contribution >= 4 is 46.2 Å². The van der Waals surface area contributed by atoms with E-state index in [0.29, 0.717) is 45.4 Å². The number of rotatable bonds is 11. The highest BCUT2D eigenvalue weighted by Crippen LogP contribution is 2.25. The average molecular weight is 627 g/mol. The molecule has 7 heteroatoms. The maximum absolute atomic E-state index is 13.2. The largest absolute Gasteiger partial charge is 0.347 e. The summed E-state index contributed by atoms with van der Waals surface area (Å²) in [4.78, 5) is 35.6. The molecule has 0 radical (unpaired) electrons. The summed E-state index contributed by atoms with van der Waals surface area (Å²) in [7, 11) is 0. The smallest absolute Gasteiger partial charge is 0.251 e. The van der Waals surface area contributed by atoms with Crippen molar-refractivity contribution in [3.8, 4) is 0 Å². The van der Waals surface area contributed by atoms with Crippen LogP contribution in [0.15, 0.2) is 112 Å². The molecule has 0 heterocycles. The van der Waals surface area contributed by atoms with Gasteiger partial charge in [0, 0.05) is 44.4 Å². The molecular formula is C38H47ClN4O2. The Hall–Kier alpha value is -4.29. The molecule has 2 N–H and O–H groups in total. The minimum absolute atomic E-state index is 0.195. The van der Waals surface area contributed by atoms with E-state index >= 15 is 0 Å². The van der Waals surface area contributed by atoms with Gasteiger partial charge in [-0.25, -0.2) is 4.99 Å². The number of aliphatic imine (C=N–C) groups is 2. The van der Waals surface area contributed by atoms with Gasteiger partial charge in [0.1, 0.15) is 0 Å². The fourth-order valence-electron chi connectivity index (χ4n) is 4.24. The number of allylic oxidation sites excluding steroid dienone is 7. The van der Waals surface area contributed by atoms with Crippen LogP contribution in [0.4, 0.5) is 5.69 Å². The van der Waals surface area contributed by atoms with Crippen molar-refractivity contribution in [2.45, 2.75) is 68.2 Å². The van der Waals surface area contributed by atoms with E-state index in [9.17, 15) is 9.59 Å². The number of hydrogen-bond donors (Lipinski definition) is 2. The summed E-state index contributed by atoms with van der Waals surface area (Å²) >= 11 is 6.32. The standard InChI is InChI=1S/C36H41ClN4O2.C2H6/c1-8-23(3)26(6)39-34(24(4)9-2)22-38-36(43)28-18-20-29(21-19-28)41-35(42)25(5)30-14-11-13-17-33(30)40-27(7)31-15-10-12-16-32(31)37;1-2/h10-21,24H,7-9,22H2,1-6H3,(H,38,43)(H,41,42);1-2H3/b26-23?,30-25+,39-34?,40-33?;. The van der Waals surface area contributed by atoms with Crippen molar-refractivity contribution in [2.24, 2.45) is 15.9 Å². The van der Waals surface area contributed by atoms with Crippen molar-refractivity contribution < 1.29 is 9.59 Å². The molecule has 6 nitrogen and oxygen atoms in total. The molecule has 2 aromatic carbocycles. The lowest BCUT2D eigenvalue weighted by Gasteiger charge is -2.15. The van der Waals surface area contributed by atoms with E-state index in [1.165, 1.54) is 5.57 Å². The fourth-order valence-corrected chi connectivity index (χ4v) is 4.49. The maximum Gasteiger partial charge on any atom is 0.251 e. The summed E-state index contributed by atoms with van der Waals surface area (Å²) in [5, 5.41) is 6.48. The number of carbonyl (C=O) groups excluding carboxylic acids is 2. The van der Waals surface area contributed by atoms with Crippen LogP contribution >= 0.6 is 11.6 Å². The minimum Gasteiger partial charge on any atom is -0.347 e. The number of nitrogens with zero attached hydrogens (tertiary/aromatic N) is 2. The molecule has 0 fully saturated rings. The van der Waals surface area contributed by atoms with Crippen LogP contribution in [0.3, 0.4) is 0 Å². The molecule has 2 aromatic rings. The number of halogens is 1. The monoisotopic (exact) mass is 626 g/mol. The molecule has 1 unspecified atom stereocenters. The Balaban J connectivity index is 0.00000345. The molecule has 2 amide bonds. The van der Waals surface area contributed by atoms with Gasteiger partial charge in [-0.2, -0.15) is 0 Å². The molecular weight excluding hydrogens is 580 g/mol. The van der Waals surface area contributed by atoms with Crippen LogP contribution in [0, 0.1) is 5.92 Å². The third kappa shape index (κ3) is 10.7. The van der Waals surface area contributed by atoms with Crippen molar-refractivity contribution in [2.75, 3.05) is 11.9 Å². The highest BCUT2D eigenvalue weighted by molar-refractivity contribution is 6.32. The minimum atomic E-state index is -0.275. The second-order valence-electron chi connectivity index (χ2n) is 10.5. The molecule has 0 aliphatic heterocycles. The molecule has 1 aliphatic rings. The summed E-state index contributed by atoms with van der Waals surface area (Å²) in [6, 6.07) is 14.2. The summed E-state index contributed by atoms with van der Waals surface area (Å²) in [6.07, 6.45) is 9.28. The zero-order chi connectivity index (χ0) is 33.5. The van der Waals surface area contributed by atoms with Gasteiger partial charge in [0.25, 0.3) is 11.8 Å². The lowest BCUT2D eigenvalue weighted by molar-refractivity contribution is -0.112. The first-order valence-electron chi connectivity index (χ1n) is 15.6. The quantitative estimate of drug-likeness (QED) is 0.192. The molecule has 0 saturated heterocycles. The highest BCUT2D eigenvalue weighted by atomic mass is 35.5. The van der Waals surface area contributed by atoms with Gasteiger partial charge in [-0.15, -0.1) is 0 Å². The number of nitrogens with one attached hydrogen (secondary N) is 2. The van der Waals surface area contributed by atoms with Gasteiger partial charge in [0.2, 0.25) is 0 Å². The summed E-state index contributed by atoms with van der Waals surface area (Å²) in [5.74, 6) is -0.215. The van der Waals surface area contributed by atoms with Gasteiger partial charge in [0.05, 0.1) is 18.0 Å². The first kappa shape index (κ1) is 36.9. The first-order chi connectivity index (χ1) is 21.5. The van der Waals surface area contributed by atoms with Crippen LogP contribution < -0.4 is 10.6 Å². The zero-order valence-electron chi connectivity index (χ0n) is 27.9. The Morgan fingerprint density at radius 2 is 1.60 bits per heavy atom. The topological polar surface area (TPSA) is 82.9 Å². The van der Waals surface area contributed by atoms with Crippen molar-refractivity contribution in [3.63, 3.8) is 0 Å². The summed E-state index contributed by atoms with van der Waals surface area (Å²) in [6.45, 7) is 20.6. The van der Waals surface area contributed by atoms with Gasteiger partial charge >= 0.3 is 0 Å². The highest BCUT2D eigenvalue weighted by Gasteiger charge is 2.17. The van der Waals surface area contributed by atoms with Crippen molar-refractivity contribution in [1.29, 1.82) is 0 Å². The number of amides is 2. The van der Waals surface area contributed by atoms with E-state index in [1.54, 1.807) is 37.3 Å². The molecule has 1 atom stereocenters. The van der Waals surface area contributed by atoms with E-state index in [2.05, 4.69) is 49.9 Å². The van der Waals surface area contributed by atoms with Crippen LogP contribution in [-0.2, 0) is 4.79 Å². The molecule has 1 aliphatic carbocycles. The van der Waals surface area contributed by atoms with Gasteiger partial charge in [-0.05, 0) is 75.9 Å². The Bertz CT molecular complexity index is 1560. The normalized spacial score (nSPS) is 15.8. The van der Waals surface area contributed by atoms with E-state index in [4.69, 9.17) is 16.6 Å². The van der Waals surface area contributed by atoms with Crippen LogP contribution in [-0.4, -0.2) is 29.8 Å². The van der Waals surface area contributed by atoms with E-state index in [0.717, 1.165) is 29.8 Å². The van der Waals surface area contributed by atoms with E-state index in [-0.39, 0.29) is 17.7 Å². The fraction of sp³-hybridized carbons (Fsp3) is 0.316. The van der Waals surface area contributed by atoms with Crippen LogP contribution in [0.1, 0.15) is 84.2 Å². The number of benzene rings is 2. The summed E-state index contributed by atoms with van der Waals surface area (Å²) in [5.41, 5.74) is 7.29. The van der Waals surface area contributed by atoms with Crippen molar-refractivity contribution in [1.82, 2.24) is 5.32 Å². The van der Waals surface area contributed by atoms with Crippen LogP contribution in [0.2, 0.25) is 5.02 Å². The molecule has 238 valence electrons. The zero-order valence-corrected chi connectivity index (χ0v) is 28.7. The van der Waals surface area contributed by atoms with Gasteiger partial charge in [-0.1, -0.05) is 94.8 Å². The van der Waals surface area contributed by atoms with Gasteiger partial charge < -0.3 is 10.6 Å².